The van der Waals surface area contributed by atoms with Crippen molar-refractivity contribution in [3.63, 3.8) is 0 Å². The molecule has 4 nitrogen and oxygen atoms in total. The molecule has 0 bridgehead atoms. The molecule has 1 aromatic rings. The molecule has 1 N–H and O–H groups in total. The second-order valence-corrected chi connectivity index (χ2v) is 4.94. The highest BCUT2D eigenvalue weighted by Crippen LogP contribution is 2.14. The van der Waals surface area contributed by atoms with E-state index in [1.807, 2.05) is 13.8 Å². The van der Waals surface area contributed by atoms with E-state index in [1.165, 1.54) is 12.1 Å². The fourth-order valence-electron chi connectivity index (χ4n) is 2.23. The van der Waals surface area contributed by atoms with Crippen molar-refractivity contribution in [1.29, 1.82) is 0 Å². The van der Waals surface area contributed by atoms with Gasteiger partial charge in [-0.15, -0.1) is 0 Å². The van der Waals surface area contributed by atoms with Crippen molar-refractivity contribution in [2.75, 3.05) is 7.05 Å². The highest BCUT2D eigenvalue weighted by molar-refractivity contribution is 5.87. The van der Waals surface area contributed by atoms with Crippen LogP contribution in [0.15, 0.2) is 24.3 Å². The van der Waals surface area contributed by atoms with Crippen molar-refractivity contribution in [3.8, 4) is 0 Å². The molecule has 0 heterocycles. The Morgan fingerprint density at radius 1 is 1.24 bits per heavy atom. The minimum absolute atomic E-state index is 0.0581. The average molecular weight is 294 g/mol. The Hall–Kier alpha value is -1.91. The maximum atomic E-state index is 13.0. The smallest absolute Gasteiger partial charge is 0.242 e. The zero-order valence-corrected chi connectivity index (χ0v) is 12.9. The van der Waals surface area contributed by atoms with E-state index in [4.69, 9.17) is 0 Å². The summed E-state index contributed by atoms with van der Waals surface area (Å²) in [5.74, 6) is -0.551. The molecule has 0 spiro atoms. The molecule has 116 valence electrons. The molecule has 0 unspecified atom stereocenters. The first-order valence-corrected chi connectivity index (χ1v) is 7.28. The van der Waals surface area contributed by atoms with E-state index >= 15 is 0 Å². The second kappa shape index (κ2) is 8.39. The van der Waals surface area contributed by atoms with Crippen LogP contribution in [0.2, 0.25) is 0 Å². The molecule has 0 fully saturated rings. The number of benzene rings is 1. The van der Waals surface area contributed by atoms with Crippen molar-refractivity contribution in [2.45, 2.75) is 45.7 Å². The van der Waals surface area contributed by atoms with Crippen LogP contribution in [0, 0.1) is 5.82 Å². The Kier molecular flexibility index (Phi) is 6.85. The van der Waals surface area contributed by atoms with Crippen molar-refractivity contribution in [1.82, 2.24) is 10.2 Å². The number of rotatable bonds is 7. The molecule has 0 aromatic heterocycles. The summed E-state index contributed by atoms with van der Waals surface area (Å²) in [7, 11) is 1.56. The number of halogens is 1. The highest BCUT2D eigenvalue weighted by Gasteiger charge is 2.27. The highest BCUT2D eigenvalue weighted by atomic mass is 19.1. The van der Waals surface area contributed by atoms with E-state index in [0.29, 0.717) is 19.4 Å². The first-order valence-electron chi connectivity index (χ1n) is 7.28. The largest absolute Gasteiger partial charge is 0.357 e. The van der Waals surface area contributed by atoms with Crippen LogP contribution in [-0.4, -0.2) is 29.8 Å². The van der Waals surface area contributed by atoms with Gasteiger partial charge in [-0.25, -0.2) is 4.39 Å². The molecule has 0 aliphatic heterocycles. The molecule has 0 saturated heterocycles. The predicted molar refractivity (Wildman–Crippen MR) is 80.0 cm³/mol. The van der Waals surface area contributed by atoms with E-state index in [0.717, 1.165) is 12.0 Å². The molecule has 2 amide bonds. The second-order valence-electron chi connectivity index (χ2n) is 4.94. The van der Waals surface area contributed by atoms with Gasteiger partial charge >= 0.3 is 0 Å². The van der Waals surface area contributed by atoms with Gasteiger partial charge in [-0.3, -0.25) is 9.59 Å². The first-order chi connectivity index (χ1) is 10.0. The Balaban J connectivity index is 2.97. The lowest BCUT2D eigenvalue weighted by Gasteiger charge is -2.30. The van der Waals surface area contributed by atoms with Gasteiger partial charge in [-0.2, -0.15) is 0 Å². The van der Waals surface area contributed by atoms with Crippen molar-refractivity contribution in [3.05, 3.63) is 35.6 Å². The topological polar surface area (TPSA) is 49.4 Å². The van der Waals surface area contributed by atoms with Gasteiger partial charge in [-0.05, 0) is 30.5 Å². The monoisotopic (exact) mass is 294 g/mol. The summed E-state index contributed by atoms with van der Waals surface area (Å²) in [6.07, 6.45) is 1.66. The van der Waals surface area contributed by atoms with Gasteiger partial charge in [0.1, 0.15) is 11.9 Å². The number of carbonyl (C=O) groups is 2. The number of hydrogen-bond acceptors (Lipinski definition) is 2. The average Bonchev–Trinajstić information content (AvgIpc) is 2.48. The number of nitrogens with zero attached hydrogens (tertiary/aromatic N) is 1. The third-order valence-corrected chi connectivity index (χ3v) is 3.36. The summed E-state index contributed by atoms with van der Waals surface area (Å²) in [5.41, 5.74) is 0.809. The number of nitrogens with one attached hydrogen (secondary N) is 1. The van der Waals surface area contributed by atoms with Crippen molar-refractivity contribution in [2.24, 2.45) is 0 Å². The molecule has 1 aromatic carbocycles. The maximum Gasteiger partial charge on any atom is 0.242 e. The van der Waals surface area contributed by atoms with Gasteiger partial charge in [-0.1, -0.05) is 26.0 Å². The molecule has 0 radical (unpaired) electrons. The minimum atomic E-state index is -0.501. The van der Waals surface area contributed by atoms with Gasteiger partial charge in [0.15, 0.2) is 0 Å². The third-order valence-electron chi connectivity index (χ3n) is 3.36. The lowest BCUT2D eigenvalue weighted by Crippen LogP contribution is -2.48. The minimum Gasteiger partial charge on any atom is -0.357 e. The molecule has 0 saturated carbocycles. The molecule has 1 atom stereocenters. The molecular formula is C16H23FN2O2. The SMILES string of the molecule is CCCC(=O)N(Cc1ccc(F)cc1)[C@H](CC)C(=O)NC. The van der Waals surface area contributed by atoms with E-state index in [9.17, 15) is 14.0 Å². The van der Waals surface area contributed by atoms with Crippen LogP contribution in [0.4, 0.5) is 4.39 Å². The van der Waals surface area contributed by atoms with Crippen LogP contribution in [-0.2, 0) is 16.1 Å². The van der Waals surface area contributed by atoms with Gasteiger partial charge in [0.05, 0.1) is 0 Å². The number of likely N-dealkylation sites (N-methyl/N-ethyl adjacent to an activating group) is 1. The normalized spacial score (nSPS) is 11.8. The first kappa shape index (κ1) is 17.1. The Morgan fingerprint density at radius 2 is 1.86 bits per heavy atom. The number of amides is 2. The van der Waals surface area contributed by atoms with Gasteiger partial charge in [0.2, 0.25) is 11.8 Å². The summed E-state index contributed by atoms with van der Waals surface area (Å²) < 4.78 is 13.0. The Morgan fingerprint density at radius 3 is 2.33 bits per heavy atom. The summed E-state index contributed by atoms with van der Waals surface area (Å²) in [4.78, 5) is 25.9. The Labute approximate surface area is 125 Å². The van der Waals surface area contributed by atoms with Gasteiger partial charge in [0.25, 0.3) is 0 Å². The molecule has 1 rings (SSSR count). The van der Waals surface area contributed by atoms with Crippen molar-refractivity contribution < 1.29 is 14.0 Å². The quantitative estimate of drug-likeness (QED) is 0.840. The van der Waals surface area contributed by atoms with E-state index in [2.05, 4.69) is 5.32 Å². The van der Waals surface area contributed by atoms with Crippen LogP contribution in [0.3, 0.4) is 0 Å². The van der Waals surface area contributed by atoms with Crippen LogP contribution in [0.25, 0.3) is 0 Å². The Bertz CT molecular complexity index is 474. The number of carbonyl (C=O) groups excluding carboxylic acids is 2. The lowest BCUT2D eigenvalue weighted by molar-refractivity contribution is -0.141. The molecular weight excluding hydrogens is 271 g/mol. The van der Waals surface area contributed by atoms with Crippen LogP contribution < -0.4 is 5.32 Å². The standard InChI is InChI=1S/C16H23FN2O2/c1-4-6-15(20)19(14(5-2)16(21)18-3)11-12-7-9-13(17)10-8-12/h7-10,14H,4-6,11H2,1-3H3,(H,18,21)/t14-/m1/s1. The molecule has 5 heteroatoms. The molecule has 0 aliphatic carbocycles. The molecule has 21 heavy (non-hydrogen) atoms. The predicted octanol–water partition coefficient (Wildman–Crippen LogP) is 2.48. The van der Waals surface area contributed by atoms with E-state index in [-0.39, 0.29) is 17.6 Å². The van der Waals surface area contributed by atoms with E-state index < -0.39 is 6.04 Å². The third kappa shape index (κ3) is 4.85. The zero-order valence-electron chi connectivity index (χ0n) is 12.9. The van der Waals surface area contributed by atoms with Crippen LogP contribution >= 0.6 is 0 Å². The van der Waals surface area contributed by atoms with Gasteiger partial charge in [0, 0.05) is 20.0 Å². The van der Waals surface area contributed by atoms with Gasteiger partial charge < -0.3 is 10.2 Å². The number of hydrogen-bond donors (Lipinski definition) is 1. The van der Waals surface area contributed by atoms with Crippen LogP contribution in [0.1, 0.15) is 38.7 Å². The fourth-order valence-corrected chi connectivity index (χ4v) is 2.23. The fraction of sp³-hybridized carbons (Fsp3) is 0.500. The summed E-state index contributed by atoms with van der Waals surface area (Å²) in [5, 5.41) is 2.60. The van der Waals surface area contributed by atoms with Crippen molar-refractivity contribution >= 4 is 11.8 Å². The van der Waals surface area contributed by atoms with E-state index in [1.54, 1.807) is 24.1 Å². The zero-order chi connectivity index (χ0) is 15.8. The molecule has 0 aliphatic rings. The summed E-state index contributed by atoms with van der Waals surface area (Å²) in [6.45, 7) is 4.11. The summed E-state index contributed by atoms with van der Waals surface area (Å²) in [6, 6.07) is 5.49. The van der Waals surface area contributed by atoms with Crippen LogP contribution in [0.5, 0.6) is 0 Å². The summed E-state index contributed by atoms with van der Waals surface area (Å²) >= 11 is 0. The lowest BCUT2D eigenvalue weighted by atomic mass is 10.1. The maximum absolute atomic E-state index is 13.0.